The first-order valence-electron chi connectivity index (χ1n) is 5.43. The summed E-state index contributed by atoms with van der Waals surface area (Å²) in [6.45, 7) is 0. The number of nitrogens with two attached hydrogens (primary N) is 1. The summed E-state index contributed by atoms with van der Waals surface area (Å²) >= 11 is 11.2. The van der Waals surface area contributed by atoms with Crippen LogP contribution in [0.2, 0.25) is 10.0 Å². The highest BCUT2D eigenvalue weighted by Gasteiger charge is 2.33. The quantitative estimate of drug-likeness (QED) is 0.606. The number of hydrogen-bond donors (Lipinski definition) is 2. The third-order valence-electron chi connectivity index (χ3n) is 2.49. The van der Waals surface area contributed by atoms with Crippen molar-refractivity contribution in [2.24, 2.45) is 0 Å². The molecule has 0 unspecified atom stereocenters. The van der Waals surface area contributed by atoms with Crippen LogP contribution in [0.3, 0.4) is 0 Å². The van der Waals surface area contributed by atoms with E-state index in [0.29, 0.717) is 0 Å². The Morgan fingerprint density at radius 2 is 1.67 bits per heavy atom. The molecule has 0 atom stereocenters. The van der Waals surface area contributed by atoms with Crippen LogP contribution in [-0.2, 0) is 6.18 Å². The molecule has 0 amide bonds. The first-order valence-corrected chi connectivity index (χ1v) is 6.18. The minimum atomic E-state index is -4.61. The smallest absolute Gasteiger partial charge is 0.396 e. The van der Waals surface area contributed by atoms with Crippen LogP contribution >= 0.6 is 23.2 Å². The van der Waals surface area contributed by atoms with E-state index in [1.54, 1.807) is 0 Å². The predicted octanol–water partition coefficient (Wildman–Crippen LogP) is 4.87. The minimum Gasteiger partial charge on any atom is -0.396 e. The maximum Gasteiger partial charge on any atom is 0.433 e. The molecule has 0 saturated carbocycles. The second kappa shape index (κ2) is 5.57. The molecule has 1 heterocycles. The summed E-state index contributed by atoms with van der Waals surface area (Å²) in [7, 11) is 0. The second-order valence-corrected chi connectivity index (χ2v) is 4.85. The fourth-order valence-electron chi connectivity index (χ4n) is 1.51. The molecule has 2 rings (SSSR count). The highest BCUT2D eigenvalue weighted by molar-refractivity contribution is 6.35. The van der Waals surface area contributed by atoms with Gasteiger partial charge in [-0.2, -0.15) is 13.2 Å². The molecule has 112 valence electrons. The van der Waals surface area contributed by atoms with Crippen molar-refractivity contribution >= 4 is 40.3 Å². The van der Waals surface area contributed by atoms with Crippen LogP contribution in [0.1, 0.15) is 5.69 Å². The van der Waals surface area contributed by atoms with Gasteiger partial charge in [0.25, 0.3) is 0 Å². The van der Waals surface area contributed by atoms with E-state index in [1.807, 2.05) is 0 Å². The van der Waals surface area contributed by atoms with Gasteiger partial charge >= 0.3 is 6.18 Å². The molecule has 0 aliphatic heterocycles. The monoisotopic (exact) mass is 339 g/mol. The van der Waals surface area contributed by atoms with E-state index < -0.39 is 17.7 Å². The number of rotatable bonds is 2. The van der Waals surface area contributed by atoms with E-state index in [-0.39, 0.29) is 27.1 Å². The lowest BCUT2D eigenvalue weighted by Gasteiger charge is -2.13. The Hall–Kier alpha value is -1.73. The van der Waals surface area contributed by atoms with Gasteiger partial charge in [0.1, 0.15) is 5.69 Å². The van der Waals surface area contributed by atoms with Crippen molar-refractivity contribution in [3.8, 4) is 0 Å². The Morgan fingerprint density at radius 3 is 2.19 bits per heavy atom. The van der Waals surface area contributed by atoms with Gasteiger partial charge in [-0.1, -0.05) is 23.2 Å². The van der Waals surface area contributed by atoms with Gasteiger partial charge in [0.2, 0.25) is 0 Å². The first kappa shape index (κ1) is 15.7. The van der Waals surface area contributed by atoms with Gasteiger partial charge in [-0.3, -0.25) is 0 Å². The van der Waals surface area contributed by atoms with Crippen LogP contribution < -0.4 is 11.1 Å². The maximum atomic E-state index is 13.3. The molecule has 0 saturated heterocycles. The summed E-state index contributed by atoms with van der Waals surface area (Å²) < 4.78 is 51.1. The molecule has 0 aliphatic carbocycles. The van der Waals surface area contributed by atoms with Gasteiger partial charge in [-0.25, -0.2) is 9.37 Å². The lowest BCUT2D eigenvalue weighted by atomic mass is 10.2. The molecule has 0 radical (unpaired) electrons. The molecule has 1 aromatic heterocycles. The molecule has 1 aromatic carbocycles. The molecule has 0 fully saturated rings. The predicted molar refractivity (Wildman–Crippen MR) is 73.4 cm³/mol. The second-order valence-electron chi connectivity index (χ2n) is 4.03. The van der Waals surface area contributed by atoms with Gasteiger partial charge in [0.15, 0.2) is 5.82 Å². The lowest BCUT2D eigenvalue weighted by molar-refractivity contribution is -0.141. The molecule has 3 N–H and O–H groups in total. The SMILES string of the molecule is Nc1cnc(C(F)(F)F)cc1Nc1cc(Cl)c(F)c(Cl)c1. The zero-order chi connectivity index (χ0) is 15.8. The maximum absolute atomic E-state index is 13.3. The van der Waals surface area contributed by atoms with E-state index in [4.69, 9.17) is 28.9 Å². The standard InChI is InChI=1S/C12H7Cl2F4N3/c13-6-1-5(2-7(14)11(6)15)21-9-3-10(12(16,17)18)20-4-8(9)19/h1-4H,19H2,(H,20,21). The number of nitrogens with one attached hydrogen (secondary N) is 1. The van der Waals surface area contributed by atoms with E-state index in [1.165, 1.54) is 12.1 Å². The van der Waals surface area contributed by atoms with Gasteiger partial charge < -0.3 is 11.1 Å². The van der Waals surface area contributed by atoms with Crippen LogP contribution in [0.5, 0.6) is 0 Å². The van der Waals surface area contributed by atoms with Crippen molar-refractivity contribution in [1.29, 1.82) is 0 Å². The van der Waals surface area contributed by atoms with Crippen molar-refractivity contribution in [3.63, 3.8) is 0 Å². The third-order valence-corrected chi connectivity index (χ3v) is 3.04. The van der Waals surface area contributed by atoms with Gasteiger partial charge in [0, 0.05) is 5.69 Å². The summed E-state index contributed by atoms with van der Waals surface area (Å²) in [5.41, 5.74) is 4.57. The van der Waals surface area contributed by atoms with E-state index >= 15 is 0 Å². The Bertz CT molecular complexity index is 666. The zero-order valence-corrected chi connectivity index (χ0v) is 11.6. The number of anilines is 3. The third kappa shape index (κ3) is 3.48. The van der Waals surface area contributed by atoms with Crippen LogP contribution in [0.15, 0.2) is 24.4 Å². The number of pyridine rings is 1. The first-order chi connectivity index (χ1) is 9.68. The van der Waals surface area contributed by atoms with Gasteiger partial charge in [-0.15, -0.1) is 0 Å². The molecule has 3 nitrogen and oxygen atoms in total. The molecule has 21 heavy (non-hydrogen) atoms. The Morgan fingerprint density at radius 1 is 1.10 bits per heavy atom. The summed E-state index contributed by atoms with van der Waals surface area (Å²) in [6.07, 6.45) is -3.74. The van der Waals surface area contributed by atoms with Crippen molar-refractivity contribution in [3.05, 3.63) is 46.0 Å². The average molecular weight is 340 g/mol. The van der Waals surface area contributed by atoms with Crippen LogP contribution in [0.25, 0.3) is 0 Å². The zero-order valence-electron chi connectivity index (χ0n) is 10.1. The van der Waals surface area contributed by atoms with Crippen molar-refractivity contribution in [2.45, 2.75) is 6.18 Å². The number of benzene rings is 1. The number of nitrogen functional groups attached to an aromatic ring is 1. The molecule has 2 aromatic rings. The topological polar surface area (TPSA) is 50.9 Å². The number of nitrogens with zero attached hydrogens (tertiary/aromatic N) is 1. The number of alkyl halides is 3. The van der Waals surface area contributed by atoms with Gasteiger partial charge in [-0.05, 0) is 18.2 Å². The van der Waals surface area contributed by atoms with E-state index in [2.05, 4.69) is 10.3 Å². The van der Waals surface area contributed by atoms with Crippen LogP contribution in [0, 0.1) is 5.82 Å². The molecule has 0 aliphatic rings. The van der Waals surface area contributed by atoms with Crippen LogP contribution in [0.4, 0.5) is 34.6 Å². The number of aromatic nitrogens is 1. The summed E-state index contributed by atoms with van der Waals surface area (Å²) in [6, 6.07) is 3.09. The summed E-state index contributed by atoms with van der Waals surface area (Å²) in [5, 5.41) is 2.05. The lowest BCUT2D eigenvalue weighted by Crippen LogP contribution is -2.09. The number of hydrogen-bond acceptors (Lipinski definition) is 3. The Labute approximate surface area is 126 Å². The van der Waals surface area contributed by atoms with E-state index in [0.717, 1.165) is 12.3 Å². The fraction of sp³-hybridized carbons (Fsp3) is 0.0833. The minimum absolute atomic E-state index is 0.0143. The summed E-state index contributed by atoms with van der Waals surface area (Å²) in [4.78, 5) is 3.20. The number of halogens is 6. The normalized spacial score (nSPS) is 11.5. The molecule has 0 spiro atoms. The fourth-order valence-corrected chi connectivity index (χ4v) is 2.00. The van der Waals surface area contributed by atoms with Crippen molar-refractivity contribution < 1.29 is 17.6 Å². The molecular weight excluding hydrogens is 333 g/mol. The highest BCUT2D eigenvalue weighted by atomic mass is 35.5. The van der Waals surface area contributed by atoms with Crippen molar-refractivity contribution in [1.82, 2.24) is 4.98 Å². The van der Waals surface area contributed by atoms with E-state index in [9.17, 15) is 17.6 Å². The summed E-state index contributed by atoms with van der Waals surface area (Å²) in [5.74, 6) is -0.817. The molecule has 0 bridgehead atoms. The molecule has 9 heteroatoms. The highest BCUT2D eigenvalue weighted by Crippen LogP contribution is 2.34. The largest absolute Gasteiger partial charge is 0.433 e. The van der Waals surface area contributed by atoms with Crippen molar-refractivity contribution in [2.75, 3.05) is 11.1 Å². The Balaban J connectivity index is 2.40. The van der Waals surface area contributed by atoms with Gasteiger partial charge in [0.05, 0.1) is 27.6 Å². The molecular formula is C12H7Cl2F4N3. The Kier molecular flexibility index (Phi) is 4.15. The van der Waals surface area contributed by atoms with Crippen LogP contribution in [-0.4, -0.2) is 4.98 Å². The average Bonchev–Trinajstić information content (AvgIpc) is 2.37.